The second-order valence-electron chi connectivity index (χ2n) is 9.40. The van der Waals surface area contributed by atoms with Gasteiger partial charge in [0, 0.05) is 37.3 Å². The number of ether oxygens (including phenoxy) is 2. The standard InChI is InChI=1S/C27H36N2O4/c1-20(2)18-32-24-10-5-8-22(16-24)26(30)28-12-7-13-29(15-14-28)27(31)23-9-6-11-25(17-23)33-19-21(3)4/h5-6,8-11,16-17,20-21H,7,12-15,18-19H2,1-4H3. The van der Waals surface area contributed by atoms with Crippen molar-refractivity contribution >= 4 is 11.8 Å². The molecular weight excluding hydrogens is 416 g/mol. The van der Waals surface area contributed by atoms with Gasteiger partial charge in [-0.15, -0.1) is 0 Å². The Morgan fingerprint density at radius 1 is 0.727 bits per heavy atom. The SMILES string of the molecule is CC(C)COc1cccc(C(=O)N2CCCN(C(=O)c3cccc(OCC(C)C)c3)CC2)c1. The van der Waals surface area contributed by atoms with Crippen molar-refractivity contribution in [3.63, 3.8) is 0 Å². The Balaban J connectivity index is 1.61. The molecule has 178 valence electrons. The third-order valence-corrected chi connectivity index (χ3v) is 5.40. The quantitative estimate of drug-likeness (QED) is 0.580. The average molecular weight is 453 g/mol. The van der Waals surface area contributed by atoms with E-state index in [1.165, 1.54) is 0 Å². The third-order valence-electron chi connectivity index (χ3n) is 5.40. The Morgan fingerprint density at radius 2 is 1.15 bits per heavy atom. The lowest BCUT2D eigenvalue weighted by Crippen LogP contribution is -2.37. The first-order valence-corrected chi connectivity index (χ1v) is 11.9. The molecule has 2 amide bonds. The summed E-state index contributed by atoms with van der Waals surface area (Å²) in [5.74, 6) is 2.20. The van der Waals surface area contributed by atoms with Crippen molar-refractivity contribution < 1.29 is 19.1 Å². The van der Waals surface area contributed by atoms with Gasteiger partial charge in [-0.05, 0) is 54.7 Å². The molecule has 0 unspecified atom stereocenters. The van der Waals surface area contributed by atoms with Crippen LogP contribution in [-0.4, -0.2) is 61.0 Å². The van der Waals surface area contributed by atoms with E-state index in [1.54, 1.807) is 12.1 Å². The van der Waals surface area contributed by atoms with Crippen LogP contribution in [0.25, 0.3) is 0 Å². The lowest BCUT2D eigenvalue weighted by Gasteiger charge is -2.23. The van der Waals surface area contributed by atoms with E-state index >= 15 is 0 Å². The molecule has 0 atom stereocenters. The highest BCUT2D eigenvalue weighted by Gasteiger charge is 2.24. The van der Waals surface area contributed by atoms with E-state index in [0.717, 1.165) is 6.42 Å². The molecule has 0 saturated carbocycles. The summed E-state index contributed by atoms with van der Waals surface area (Å²) in [6.45, 7) is 11.8. The zero-order valence-electron chi connectivity index (χ0n) is 20.3. The number of amides is 2. The highest BCUT2D eigenvalue weighted by atomic mass is 16.5. The molecule has 1 aliphatic rings. The van der Waals surface area contributed by atoms with Gasteiger partial charge in [0.2, 0.25) is 0 Å². The van der Waals surface area contributed by atoms with Gasteiger partial charge in [0.05, 0.1) is 13.2 Å². The summed E-state index contributed by atoms with van der Waals surface area (Å²) in [4.78, 5) is 29.9. The van der Waals surface area contributed by atoms with Gasteiger partial charge in [0.25, 0.3) is 11.8 Å². The summed E-state index contributed by atoms with van der Waals surface area (Å²) in [5, 5.41) is 0. The first-order chi connectivity index (χ1) is 15.8. The maximum absolute atomic E-state index is 13.1. The van der Waals surface area contributed by atoms with Crippen LogP contribution < -0.4 is 9.47 Å². The zero-order chi connectivity index (χ0) is 23.8. The van der Waals surface area contributed by atoms with Crippen LogP contribution in [0.5, 0.6) is 11.5 Å². The fourth-order valence-electron chi connectivity index (χ4n) is 3.65. The second-order valence-corrected chi connectivity index (χ2v) is 9.40. The summed E-state index contributed by atoms with van der Waals surface area (Å²) in [5.41, 5.74) is 1.23. The van der Waals surface area contributed by atoms with E-state index in [9.17, 15) is 9.59 Å². The maximum Gasteiger partial charge on any atom is 0.254 e. The van der Waals surface area contributed by atoms with Crippen LogP contribution in [0.2, 0.25) is 0 Å². The average Bonchev–Trinajstić information content (AvgIpc) is 3.07. The van der Waals surface area contributed by atoms with E-state index in [2.05, 4.69) is 27.7 Å². The Bertz CT molecular complexity index is 866. The molecule has 1 saturated heterocycles. The number of rotatable bonds is 8. The summed E-state index contributed by atoms with van der Waals surface area (Å²) in [6, 6.07) is 14.7. The molecule has 1 fully saturated rings. The molecule has 1 heterocycles. The van der Waals surface area contributed by atoms with Gasteiger partial charge in [-0.2, -0.15) is 0 Å². The Labute approximate surface area is 197 Å². The fraction of sp³-hybridized carbons (Fsp3) is 0.481. The van der Waals surface area contributed by atoms with Gasteiger partial charge in [-0.3, -0.25) is 9.59 Å². The van der Waals surface area contributed by atoms with Crippen molar-refractivity contribution in [1.82, 2.24) is 9.80 Å². The van der Waals surface area contributed by atoms with Crippen molar-refractivity contribution in [2.45, 2.75) is 34.1 Å². The number of carbonyl (C=O) groups is 2. The predicted octanol–water partition coefficient (Wildman–Crippen LogP) is 4.74. The van der Waals surface area contributed by atoms with E-state index in [4.69, 9.17) is 9.47 Å². The Hall–Kier alpha value is -3.02. The molecule has 2 aromatic carbocycles. The molecule has 0 aliphatic carbocycles. The first-order valence-electron chi connectivity index (χ1n) is 11.9. The van der Waals surface area contributed by atoms with Crippen molar-refractivity contribution in [3.8, 4) is 11.5 Å². The Kier molecular flexibility index (Phi) is 8.75. The minimum Gasteiger partial charge on any atom is -0.493 e. The summed E-state index contributed by atoms with van der Waals surface area (Å²) < 4.78 is 11.5. The minimum absolute atomic E-state index is 0.0246. The lowest BCUT2D eigenvalue weighted by molar-refractivity contribution is 0.0718. The number of nitrogens with zero attached hydrogens (tertiary/aromatic N) is 2. The molecule has 33 heavy (non-hydrogen) atoms. The van der Waals surface area contributed by atoms with Crippen LogP contribution in [0.4, 0.5) is 0 Å². The molecule has 1 aliphatic heterocycles. The monoisotopic (exact) mass is 452 g/mol. The lowest BCUT2D eigenvalue weighted by atomic mass is 10.1. The van der Waals surface area contributed by atoms with Crippen molar-refractivity contribution in [2.24, 2.45) is 11.8 Å². The highest BCUT2D eigenvalue weighted by Crippen LogP contribution is 2.19. The smallest absolute Gasteiger partial charge is 0.254 e. The number of hydrogen-bond donors (Lipinski definition) is 0. The first kappa shape index (κ1) is 24.6. The molecular formula is C27H36N2O4. The van der Waals surface area contributed by atoms with Gasteiger partial charge in [-0.1, -0.05) is 39.8 Å². The van der Waals surface area contributed by atoms with E-state index in [0.29, 0.717) is 73.9 Å². The van der Waals surface area contributed by atoms with Crippen LogP contribution in [-0.2, 0) is 0 Å². The Morgan fingerprint density at radius 3 is 1.55 bits per heavy atom. The van der Waals surface area contributed by atoms with Gasteiger partial charge in [0.1, 0.15) is 11.5 Å². The second kappa shape index (κ2) is 11.7. The number of carbonyl (C=O) groups excluding carboxylic acids is 2. The molecule has 0 aromatic heterocycles. The predicted molar refractivity (Wildman–Crippen MR) is 130 cm³/mol. The topological polar surface area (TPSA) is 59.1 Å². The number of benzene rings is 2. The molecule has 6 heteroatoms. The summed E-state index contributed by atoms with van der Waals surface area (Å²) in [7, 11) is 0. The molecule has 0 radical (unpaired) electrons. The molecule has 0 N–H and O–H groups in total. The van der Waals surface area contributed by atoms with E-state index < -0.39 is 0 Å². The van der Waals surface area contributed by atoms with Crippen molar-refractivity contribution in [1.29, 1.82) is 0 Å². The minimum atomic E-state index is -0.0246. The summed E-state index contributed by atoms with van der Waals surface area (Å²) in [6.07, 6.45) is 0.741. The van der Waals surface area contributed by atoms with Crippen LogP contribution in [0.15, 0.2) is 48.5 Å². The van der Waals surface area contributed by atoms with Gasteiger partial charge in [-0.25, -0.2) is 0 Å². The molecule has 0 bridgehead atoms. The summed E-state index contributed by atoms with van der Waals surface area (Å²) >= 11 is 0. The van der Waals surface area contributed by atoms with Crippen molar-refractivity contribution in [3.05, 3.63) is 59.7 Å². The largest absolute Gasteiger partial charge is 0.493 e. The molecule has 3 rings (SSSR count). The molecule has 0 spiro atoms. The highest BCUT2D eigenvalue weighted by molar-refractivity contribution is 5.96. The van der Waals surface area contributed by atoms with Crippen LogP contribution >= 0.6 is 0 Å². The van der Waals surface area contributed by atoms with Crippen molar-refractivity contribution in [2.75, 3.05) is 39.4 Å². The third kappa shape index (κ3) is 7.24. The van der Waals surface area contributed by atoms with Gasteiger partial charge in [0.15, 0.2) is 0 Å². The van der Waals surface area contributed by atoms with Crippen LogP contribution in [0, 0.1) is 11.8 Å². The molecule has 6 nitrogen and oxygen atoms in total. The maximum atomic E-state index is 13.1. The van der Waals surface area contributed by atoms with Crippen LogP contribution in [0.1, 0.15) is 54.8 Å². The van der Waals surface area contributed by atoms with Gasteiger partial charge < -0.3 is 19.3 Å². The fourth-order valence-corrected chi connectivity index (χ4v) is 3.65. The normalized spacial score (nSPS) is 14.4. The van der Waals surface area contributed by atoms with Gasteiger partial charge >= 0.3 is 0 Å². The van der Waals surface area contributed by atoms with E-state index in [1.807, 2.05) is 46.2 Å². The zero-order valence-corrected chi connectivity index (χ0v) is 20.3. The number of hydrogen-bond acceptors (Lipinski definition) is 4. The molecule has 2 aromatic rings. The van der Waals surface area contributed by atoms with Crippen LogP contribution in [0.3, 0.4) is 0 Å². The van der Waals surface area contributed by atoms with E-state index in [-0.39, 0.29) is 11.8 Å².